The first-order valence-electron chi connectivity index (χ1n) is 8.83. The third kappa shape index (κ3) is 2.12. The maximum atomic E-state index is 14.9. The smallest absolute Gasteiger partial charge is 0.424 e. The lowest BCUT2D eigenvalue weighted by atomic mass is 9.35. The normalized spacial score (nSPS) is 41.2. The quantitative estimate of drug-likeness (QED) is 0.381. The van der Waals surface area contributed by atoms with Gasteiger partial charge in [0.15, 0.2) is 6.61 Å². The molecule has 37 heavy (non-hydrogen) atoms. The molecule has 0 heterocycles. The first-order chi connectivity index (χ1) is 16.1. The van der Waals surface area contributed by atoms with E-state index in [1.54, 1.807) is 0 Å². The van der Waals surface area contributed by atoms with Crippen molar-refractivity contribution in [3.8, 4) is 0 Å². The van der Waals surface area contributed by atoms with Crippen LogP contribution in [0.5, 0.6) is 0 Å². The maximum Gasteiger partial charge on any atom is 0.424 e. The molecule has 0 saturated heterocycles. The van der Waals surface area contributed by atoms with Crippen LogP contribution in [-0.2, 0) is 19.1 Å². The van der Waals surface area contributed by atoms with Gasteiger partial charge in [-0.15, -0.1) is 0 Å². The molecule has 4 bridgehead atoms. The fraction of sp³-hybridized carbons (Fsp3) is 0.867. The van der Waals surface area contributed by atoms with Gasteiger partial charge in [0.05, 0.1) is 0 Å². The van der Waals surface area contributed by atoms with Crippen molar-refractivity contribution in [1.82, 2.24) is 0 Å². The van der Waals surface area contributed by atoms with E-state index < -0.39 is 89.1 Å². The van der Waals surface area contributed by atoms with E-state index in [9.17, 15) is 84.9 Å². The monoisotopic (exact) mass is 586 g/mol. The Kier molecular flexibility index (Phi) is 5.27. The number of halogens is 16. The van der Waals surface area contributed by atoms with E-state index in [0.29, 0.717) is 0 Å². The molecular weight excluding hydrogens is 580 g/mol. The van der Waals surface area contributed by atoms with Gasteiger partial charge >= 0.3 is 64.9 Å². The van der Waals surface area contributed by atoms with Crippen LogP contribution in [0.4, 0.5) is 70.2 Å². The van der Waals surface area contributed by atoms with Gasteiger partial charge in [-0.05, 0) is 0 Å². The standard InChI is InChI=1S/C15H6F16O6/c16-6-9(18,19)5(15(30,31)37-4(34)2-36-3(33)1-32)10(20,21)7(17,12(6,24)25)14(28,29)8(35,11(5,22)23)13(6,26)27/h32,35H,1-2H2. The summed E-state index contributed by atoms with van der Waals surface area (Å²) < 4.78 is 240. The summed E-state index contributed by atoms with van der Waals surface area (Å²) in [6.45, 7) is -4.11. The van der Waals surface area contributed by atoms with Crippen molar-refractivity contribution in [2.24, 2.45) is 5.41 Å². The Morgan fingerprint density at radius 3 is 1.35 bits per heavy atom. The van der Waals surface area contributed by atoms with Gasteiger partial charge in [-0.1, -0.05) is 0 Å². The zero-order valence-corrected chi connectivity index (χ0v) is 16.5. The second-order valence-corrected chi connectivity index (χ2v) is 8.03. The lowest BCUT2D eigenvalue weighted by molar-refractivity contribution is -0.645. The zero-order chi connectivity index (χ0) is 29.5. The number of esters is 2. The number of hydrogen-bond donors (Lipinski definition) is 2. The fourth-order valence-corrected chi connectivity index (χ4v) is 4.87. The second kappa shape index (κ2) is 6.65. The van der Waals surface area contributed by atoms with E-state index in [1.165, 1.54) is 0 Å². The molecule has 4 aliphatic rings. The highest BCUT2D eigenvalue weighted by atomic mass is 19.3. The number of carbonyl (C=O) groups excluding carboxylic acids is 2. The van der Waals surface area contributed by atoms with Crippen molar-refractivity contribution in [3.05, 3.63) is 0 Å². The predicted octanol–water partition coefficient (Wildman–Crippen LogP) is 2.64. The van der Waals surface area contributed by atoms with Gasteiger partial charge in [-0.25, -0.2) is 44.7 Å². The summed E-state index contributed by atoms with van der Waals surface area (Å²) in [5.74, 6) is -54.7. The highest BCUT2D eigenvalue weighted by Crippen LogP contribution is 2.91. The molecule has 2 atom stereocenters. The zero-order valence-electron chi connectivity index (χ0n) is 16.5. The van der Waals surface area contributed by atoms with Crippen LogP contribution in [0.2, 0.25) is 0 Å². The molecule has 0 aromatic carbocycles. The van der Waals surface area contributed by atoms with Gasteiger partial charge in [-0.3, -0.25) is 0 Å². The molecule has 6 nitrogen and oxygen atoms in total. The average Bonchev–Trinajstić information content (AvgIpc) is 2.71. The Labute approximate surface area is 190 Å². The third-order valence-corrected chi connectivity index (χ3v) is 6.53. The van der Waals surface area contributed by atoms with Crippen molar-refractivity contribution < 1.29 is 99.5 Å². The van der Waals surface area contributed by atoms with Crippen LogP contribution in [0, 0.1) is 5.41 Å². The van der Waals surface area contributed by atoms with Crippen molar-refractivity contribution in [2.45, 2.75) is 58.6 Å². The van der Waals surface area contributed by atoms with Crippen LogP contribution in [0.15, 0.2) is 0 Å². The molecular formula is C15H6F16O6. The number of rotatable bonds is 5. The van der Waals surface area contributed by atoms with Crippen molar-refractivity contribution >= 4 is 11.9 Å². The molecule has 0 aliphatic heterocycles. The Morgan fingerprint density at radius 2 is 1.00 bits per heavy atom. The number of alkyl halides is 16. The van der Waals surface area contributed by atoms with Crippen LogP contribution in [0.3, 0.4) is 0 Å². The number of carbonyl (C=O) groups is 2. The minimum absolute atomic E-state index is 1.69. The molecule has 4 rings (SSSR count). The molecule has 0 amide bonds. The summed E-state index contributed by atoms with van der Waals surface area (Å²) >= 11 is 0. The number of aliphatic hydroxyl groups is 2. The summed E-state index contributed by atoms with van der Waals surface area (Å²) in [7, 11) is 0. The molecule has 2 unspecified atom stereocenters. The van der Waals surface area contributed by atoms with Crippen LogP contribution in [-0.4, -0.2) is 93.9 Å². The Morgan fingerprint density at radius 1 is 0.622 bits per heavy atom. The number of hydrogen-bond acceptors (Lipinski definition) is 6. The number of ether oxygens (including phenoxy) is 2. The molecule has 0 aromatic heterocycles. The molecule has 4 saturated carbocycles. The fourth-order valence-electron chi connectivity index (χ4n) is 4.87. The lowest BCUT2D eigenvalue weighted by Crippen LogP contribution is -3.10. The molecule has 0 spiro atoms. The predicted molar refractivity (Wildman–Crippen MR) is 73.8 cm³/mol. The Hall–Kier alpha value is -2.26. The molecule has 2 N–H and O–H groups in total. The summed E-state index contributed by atoms with van der Waals surface area (Å²) in [6.07, 6.45) is -7.79. The van der Waals surface area contributed by atoms with E-state index >= 15 is 0 Å². The summed E-state index contributed by atoms with van der Waals surface area (Å²) in [6, 6.07) is 0. The van der Waals surface area contributed by atoms with Crippen molar-refractivity contribution in [1.29, 1.82) is 0 Å². The third-order valence-electron chi connectivity index (χ3n) is 6.53. The Bertz CT molecular complexity index is 942. The Balaban J connectivity index is 2.49. The molecule has 214 valence electrons. The maximum absolute atomic E-state index is 14.9. The second-order valence-electron chi connectivity index (χ2n) is 8.03. The van der Waals surface area contributed by atoms with Gasteiger partial charge in [0.1, 0.15) is 6.61 Å². The lowest BCUT2D eigenvalue weighted by Gasteiger charge is -2.75. The van der Waals surface area contributed by atoms with Gasteiger partial charge in [0.2, 0.25) is 0 Å². The van der Waals surface area contributed by atoms with E-state index in [4.69, 9.17) is 5.11 Å². The molecule has 22 heteroatoms. The van der Waals surface area contributed by atoms with Gasteiger partial charge in [-0.2, -0.15) is 35.1 Å². The summed E-state index contributed by atoms with van der Waals surface area (Å²) in [5.41, 5.74) is -32.4. The van der Waals surface area contributed by atoms with Crippen LogP contribution in [0.1, 0.15) is 0 Å². The summed E-state index contributed by atoms with van der Waals surface area (Å²) in [4.78, 5) is 22.0. The SMILES string of the molecule is O=C(CO)OCC(=O)OC(F)(F)C12C(F)(F)C3(O)C(F)(F)C(F)(C(F)(F)C(F)(C3(F)F)C1(F)F)C2(F)F. The minimum atomic E-state index is -8.43. The molecule has 4 aliphatic carbocycles. The highest BCUT2D eigenvalue weighted by molar-refractivity contribution is 5.77. The highest BCUT2D eigenvalue weighted by Gasteiger charge is 3.24. The topological polar surface area (TPSA) is 93.1 Å². The van der Waals surface area contributed by atoms with Gasteiger partial charge in [0.25, 0.3) is 11.0 Å². The van der Waals surface area contributed by atoms with E-state index in [0.717, 1.165) is 0 Å². The first kappa shape index (κ1) is 29.3. The first-order valence-corrected chi connectivity index (χ1v) is 8.83. The van der Waals surface area contributed by atoms with Crippen molar-refractivity contribution in [3.63, 3.8) is 0 Å². The van der Waals surface area contributed by atoms with Crippen LogP contribution >= 0.6 is 0 Å². The van der Waals surface area contributed by atoms with E-state index in [1.807, 2.05) is 0 Å². The molecule has 4 fully saturated rings. The van der Waals surface area contributed by atoms with Gasteiger partial charge in [0, 0.05) is 0 Å². The largest absolute Gasteiger partial charge is 0.452 e. The molecule has 0 radical (unpaired) electrons. The molecule has 0 aromatic rings. The number of aliphatic hydroxyl groups excluding tert-OH is 1. The van der Waals surface area contributed by atoms with Crippen molar-refractivity contribution in [2.75, 3.05) is 13.2 Å². The average molecular weight is 586 g/mol. The van der Waals surface area contributed by atoms with E-state index in [2.05, 4.69) is 9.47 Å². The summed E-state index contributed by atoms with van der Waals surface area (Å²) in [5, 5.41) is 17.7. The minimum Gasteiger partial charge on any atom is -0.452 e. The van der Waals surface area contributed by atoms with Crippen LogP contribution in [0.25, 0.3) is 0 Å². The van der Waals surface area contributed by atoms with Crippen LogP contribution < -0.4 is 0 Å². The van der Waals surface area contributed by atoms with E-state index in [-0.39, 0.29) is 0 Å². The van der Waals surface area contributed by atoms with Gasteiger partial charge < -0.3 is 19.7 Å².